The minimum atomic E-state index is 0.936. The van der Waals surface area contributed by atoms with Crippen LogP contribution in [0.3, 0.4) is 0 Å². The normalized spacial score (nSPS) is 32.2. The molecule has 1 heterocycles. The van der Waals surface area contributed by atoms with Crippen LogP contribution in [-0.2, 0) is 0 Å². The molecule has 0 aromatic heterocycles. The van der Waals surface area contributed by atoms with Crippen molar-refractivity contribution in [1.29, 1.82) is 0 Å². The van der Waals surface area contributed by atoms with Crippen molar-refractivity contribution in [3.63, 3.8) is 0 Å². The van der Waals surface area contributed by atoms with Gasteiger partial charge in [-0.15, -0.1) is 0 Å². The molecule has 66 valence electrons. The smallest absolute Gasteiger partial charge is 0.00213 e. The van der Waals surface area contributed by atoms with E-state index in [2.05, 4.69) is 25.6 Å². The van der Waals surface area contributed by atoms with E-state index < -0.39 is 0 Å². The molecule has 11 heavy (non-hydrogen) atoms. The van der Waals surface area contributed by atoms with Crippen molar-refractivity contribution in [3.8, 4) is 0 Å². The molecule has 0 aromatic rings. The molecule has 1 rings (SSSR count). The maximum absolute atomic E-state index is 2.38. The molecule has 0 aliphatic carbocycles. The molecule has 0 nitrogen and oxygen atoms in total. The van der Waals surface area contributed by atoms with Crippen molar-refractivity contribution >= 4 is 11.8 Å². The van der Waals surface area contributed by atoms with Crippen LogP contribution in [0.5, 0.6) is 0 Å². The van der Waals surface area contributed by atoms with Gasteiger partial charge < -0.3 is 0 Å². The van der Waals surface area contributed by atoms with Crippen LogP contribution < -0.4 is 0 Å². The SMILES string of the molecule is CCCC[C@H]1CCS[C@@H](C)C1. The molecule has 0 bridgehead atoms. The molecule has 1 aliphatic heterocycles. The van der Waals surface area contributed by atoms with Gasteiger partial charge in [-0.25, -0.2) is 0 Å². The first-order valence-electron chi connectivity index (χ1n) is 4.94. The van der Waals surface area contributed by atoms with Crippen LogP contribution in [0.25, 0.3) is 0 Å². The predicted molar refractivity (Wildman–Crippen MR) is 54.2 cm³/mol. The van der Waals surface area contributed by atoms with Gasteiger partial charge in [0.15, 0.2) is 0 Å². The van der Waals surface area contributed by atoms with Gasteiger partial charge in [0.2, 0.25) is 0 Å². The first kappa shape index (κ1) is 9.44. The predicted octanol–water partition coefficient (Wildman–Crippen LogP) is 3.71. The Balaban J connectivity index is 2.12. The van der Waals surface area contributed by atoms with Crippen LogP contribution in [0.4, 0.5) is 0 Å². The Kier molecular flexibility index (Phi) is 4.36. The Morgan fingerprint density at radius 1 is 1.45 bits per heavy atom. The van der Waals surface area contributed by atoms with Gasteiger partial charge in [-0.3, -0.25) is 0 Å². The summed E-state index contributed by atoms with van der Waals surface area (Å²) >= 11 is 2.16. The molecule has 0 spiro atoms. The summed E-state index contributed by atoms with van der Waals surface area (Å²) in [5.74, 6) is 2.47. The van der Waals surface area contributed by atoms with E-state index in [1.54, 1.807) is 0 Å². The molecule has 0 saturated carbocycles. The lowest BCUT2D eigenvalue weighted by Gasteiger charge is -2.26. The lowest BCUT2D eigenvalue weighted by Crippen LogP contribution is -2.15. The second-order valence-electron chi connectivity index (χ2n) is 3.71. The van der Waals surface area contributed by atoms with Gasteiger partial charge in [-0.2, -0.15) is 11.8 Å². The Bertz CT molecular complexity index is 101. The Labute approximate surface area is 75.1 Å². The highest BCUT2D eigenvalue weighted by atomic mass is 32.2. The summed E-state index contributed by atoms with van der Waals surface area (Å²) in [6, 6.07) is 0. The van der Waals surface area contributed by atoms with E-state index in [-0.39, 0.29) is 0 Å². The third kappa shape index (κ3) is 3.50. The second kappa shape index (κ2) is 5.08. The molecule has 1 fully saturated rings. The first-order valence-corrected chi connectivity index (χ1v) is 5.99. The Morgan fingerprint density at radius 3 is 2.91 bits per heavy atom. The zero-order chi connectivity index (χ0) is 8.10. The highest BCUT2D eigenvalue weighted by molar-refractivity contribution is 7.99. The van der Waals surface area contributed by atoms with Gasteiger partial charge in [-0.05, 0) is 24.5 Å². The van der Waals surface area contributed by atoms with Crippen molar-refractivity contribution in [3.05, 3.63) is 0 Å². The van der Waals surface area contributed by atoms with Crippen molar-refractivity contribution < 1.29 is 0 Å². The van der Waals surface area contributed by atoms with E-state index in [1.807, 2.05) is 0 Å². The molecule has 0 aromatic carbocycles. The largest absolute Gasteiger partial charge is 0.159 e. The summed E-state index contributed by atoms with van der Waals surface area (Å²) in [5.41, 5.74) is 0. The van der Waals surface area contributed by atoms with E-state index >= 15 is 0 Å². The number of hydrogen-bond donors (Lipinski definition) is 0. The third-order valence-corrected chi connectivity index (χ3v) is 3.79. The van der Waals surface area contributed by atoms with Crippen LogP contribution in [0.15, 0.2) is 0 Å². The fourth-order valence-corrected chi connectivity index (χ4v) is 3.13. The Hall–Kier alpha value is 0.350. The standard InChI is InChI=1S/C10H20S/c1-3-4-5-10-6-7-11-9(2)8-10/h9-10H,3-8H2,1-2H3/t9-,10-/m0/s1. The maximum Gasteiger partial charge on any atom is 0.00213 e. The molecule has 0 amide bonds. The quantitative estimate of drug-likeness (QED) is 0.625. The average Bonchev–Trinajstić information content (AvgIpc) is 2.01. The van der Waals surface area contributed by atoms with E-state index in [0.29, 0.717) is 0 Å². The highest BCUT2D eigenvalue weighted by Gasteiger charge is 2.17. The molecule has 1 heteroatoms. The van der Waals surface area contributed by atoms with Crippen molar-refractivity contribution in [2.75, 3.05) is 5.75 Å². The van der Waals surface area contributed by atoms with E-state index in [0.717, 1.165) is 11.2 Å². The summed E-state index contributed by atoms with van der Waals surface area (Å²) in [5, 5.41) is 0.936. The van der Waals surface area contributed by atoms with E-state index in [9.17, 15) is 0 Å². The highest BCUT2D eigenvalue weighted by Crippen LogP contribution is 2.31. The average molecular weight is 172 g/mol. The topological polar surface area (TPSA) is 0 Å². The number of thioether (sulfide) groups is 1. The van der Waals surface area contributed by atoms with Gasteiger partial charge in [0.05, 0.1) is 0 Å². The first-order chi connectivity index (χ1) is 5.33. The van der Waals surface area contributed by atoms with Crippen LogP contribution in [-0.4, -0.2) is 11.0 Å². The van der Waals surface area contributed by atoms with Gasteiger partial charge in [-0.1, -0.05) is 33.1 Å². The van der Waals surface area contributed by atoms with Gasteiger partial charge >= 0.3 is 0 Å². The fraction of sp³-hybridized carbons (Fsp3) is 1.00. The van der Waals surface area contributed by atoms with Gasteiger partial charge in [0, 0.05) is 5.25 Å². The lowest BCUT2D eigenvalue weighted by molar-refractivity contribution is 0.414. The summed E-state index contributed by atoms with van der Waals surface area (Å²) in [7, 11) is 0. The lowest BCUT2D eigenvalue weighted by atomic mass is 9.94. The molecular formula is C10H20S. The third-order valence-electron chi connectivity index (χ3n) is 2.56. The number of hydrogen-bond acceptors (Lipinski definition) is 1. The molecule has 0 radical (unpaired) electrons. The summed E-state index contributed by atoms with van der Waals surface area (Å²) in [4.78, 5) is 0. The molecule has 0 N–H and O–H groups in total. The van der Waals surface area contributed by atoms with Crippen LogP contribution >= 0.6 is 11.8 Å². The van der Waals surface area contributed by atoms with E-state index in [4.69, 9.17) is 0 Å². The number of unbranched alkanes of at least 4 members (excludes halogenated alkanes) is 1. The van der Waals surface area contributed by atoms with E-state index in [1.165, 1.54) is 37.9 Å². The molecule has 1 aliphatic rings. The van der Waals surface area contributed by atoms with Crippen molar-refractivity contribution in [1.82, 2.24) is 0 Å². The minimum Gasteiger partial charge on any atom is -0.159 e. The van der Waals surface area contributed by atoms with Gasteiger partial charge in [0.25, 0.3) is 0 Å². The summed E-state index contributed by atoms with van der Waals surface area (Å²) in [6.07, 6.45) is 7.27. The fourth-order valence-electron chi connectivity index (χ4n) is 1.85. The molecule has 1 saturated heterocycles. The summed E-state index contributed by atoms with van der Waals surface area (Å²) in [6.45, 7) is 4.67. The van der Waals surface area contributed by atoms with Crippen molar-refractivity contribution in [2.45, 2.75) is 51.2 Å². The zero-order valence-electron chi connectivity index (χ0n) is 7.81. The Morgan fingerprint density at radius 2 is 2.27 bits per heavy atom. The number of rotatable bonds is 3. The maximum atomic E-state index is 2.38. The molecule has 2 atom stereocenters. The second-order valence-corrected chi connectivity index (χ2v) is 5.26. The monoisotopic (exact) mass is 172 g/mol. The minimum absolute atomic E-state index is 0.936. The van der Waals surface area contributed by atoms with Gasteiger partial charge in [0.1, 0.15) is 0 Å². The summed E-state index contributed by atoms with van der Waals surface area (Å²) < 4.78 is 0. The van der Waals surface area contributed by atoms with Crippen LogP contribution in [0.2, 0.25) is 0 Å². The molecular weight excluding hydrogens is 152 g/mol. The molecule has 0 unspecified atom stereocenters. The van der Waals surface area contributed by atoms with Crippen LogP contribution in [0, 0.1) is 5.92 Å². The van der Waals surface area contributed by atoms with Crippen molar-refractivity contribution in [2.24, 2.45) is 5.92 Å². The zero-order valence-corrected chi connectivity index (χ0v) is 8.62. The van der Waals surface area contributed by atoms with Crippen LogP contribution in [0.1, 0.15) is 46.0 Å².